The molecular formula is C16H14N2O. The average molecular weight is 250 g/mol. The van der Waals surface area contributed by atoms with Crippen molar-refractivity contribution in [2.24, 2.45) is 0 Å². The molecule has 0 fully saturated rings. The highest BCUT2D eigenvalue weighted by Gasteiger charge is 2.06. The molecule has 0 spiro atoms. The Labute approximate surface area is 112 Å². The second-order valence-electron chi connectivity index (χ2n) is 4.20. The van der Waals surface area contributed by atoms with Crippen LogP contribution in [0.3, 0.4) is 0 Å². The van der Waals surface area contributed by atoms with Crippen LogP contribution in [0.4, 0.5) is 0 Å². The van der Waals surface area contributed by atoms with Gasteiger partial charge >= 0.3 is 0 Å². The number of aromatic nitrogens is 2. The Hall–Kier alpha value is -2.55. The maximum Gasteiger partial charge on any atom is 0.118 e. The molecule has 2 aromatic carbocycles. The lowest BCUT2D eigenvalue weighted by Gasteiger charge is -2.10. The van der Waals surface area contributed by atoms with Crippen LogP contribution in [0.25, 0.3) is 16.8 Å². The predicted octanol–water partition coefficient (Wildman–Crippen LogP) is 3.55. The highest BCUT2D eigenvalue weighted by molar-refractivity contribution is 5.73. The third-order valence-electron chi connectivity index (χ3n) is 3.06. The van der Waals surface area contributed by atoms with Crippen molar-refractivity contribution in [1.29, 1.82) is 0 Å². The smallest absolute Gasteiger partial charge is 0.118 e. The summed E-state index contributed by atoms with van der Waals surface area (Å²) in [6.07, 6.45) is 3.73. The van der Waals surface area contributed by atoms with Gasteiger partial charge in [-0.15, -0.1) is 0 Å². The maximum atomic E-state index is 5.19. The van der Waals surface area contributed by atoms with Gasteiger partial charge in [0, 0.05) is 18.0 Å². The van der Waals surface area contributed by atoms with E-state index in [9.17, 15) is 0 Å². The van der Waals surface area contributed by atoms with E-state index in [0.717, 1.165) is 22.6 Å². The lowest BCUT2D eigenvalue weighted by atomic mass is 10.0. The molecule has 0 aliphatic rings. The van der Waals surface area contributed by atoms with Gasteiger partial charge < -0.3 is 4.74 Å². The molecule has 0 atom stereocenters. The maximum absolute atomic E-state index is 5.19. The number of ether oxygens (including phenoxy) is 1. The first-order valence-electron chi connectivity index (χ1n) is 6.12. The Morgan fingerprint density at radius 3 is 2.42 bits per heavy atom. The third kappa shape index (κ3) is 2.22. The van der Waals surface area contributed by atoms with E-state index in [4.69, 9.17) is 4.74 Å². The fourth-order valence-electron chi connectivity index (χ4n) is 2.10. The standard InChI is InChI=1S/C16H14N2O/c1-19-14-9-7-13(8-10-14)15-5-2-3-6-16(15)18-12-4-11-17-18/h2-12H,1H3. The second-order valence-corrected chi connectivity index (χ2v) is 4.20. The second kappa shape index (κ2) is 4.98. The minimum atomic E-state index is 0.861. The lowest BCUT2D eigenvalue weighted by molar-refractivity contribution is 0.415. The van der Waals surface area contributed by atoms with Crippen LogP contribution >= 0.6 is 0 Å². The number of hydrogen-bond acceptors (Lipinski definition) is 2. The molecule has 19 heavy (non-hydrogen) atoms. The van der Waals surface area contributed by atoms with Crippen LogP contribution < -0.4 is 4.74 Å². The summed E-state index contributed by atoms with van der Waals surface area (Å²) in [7, 11) is 1.67. The summed E-state index contributed by atoms with van der Waals surface area (Å²) in [4.78, 5) is 0. The zero-order valence-corrected chi connectivity index (χ0v) is 10.7. The number of hydrogen-bond donors (Lipinski definition) is 0. The molecular weight excluding hydrogens is 236 g/mol. The Morgan fingerprint density at radius 2 is 1.74 bits per heavy atom. The highest BCUT2D eigenvalue weighted by atomic mass is 16.5. The Bertz CT molecular complexity index is 657. The van der Waals surface area contributed by atoms with Gasteiger partial charge in [0.25, 0.3) is 0 Å². The normalized spacial score (nSPS) is 10.4. The third-order valence-corrected chi connectivity index (χ3v) is 3.06. The molecule has 3 rings (SSSR count). The molecule has 0 N–H and O–H groups in total. The molecule has 3 nitrogen and oxygen atoms in total. The van der Waals surface area contributed by atoms with E-state index in [0.29, 0.717) is 0 Å². The fourth-order valence-corrected chi connectivity index (χ4v) is 2.10. The minimum Gasteiger partial charge on any atom is -0.497 e. The zero-order valence-electron chi connectivity index (χ0n) is 10.7. The van der Waals surface area contributed by atoms with Crippen molar-refractivity contribution in [3.8, 4) is 22.6 Å². The molecule has 0 aliphatic heterocycles. The van der Waals surface area contributed by atoms with E-state index in [2.05, 4.69) is 29.4 Å². The number of para-hydroxylation sites is 1. The summed E-state index contributed by atoms with van der Waals surface area (Å²) >= 11 is 0. The summed E-state index contributed by atoms with van der Waals surface area (Å²) in [6.45, 7) is 0. The Balaban J connectivity index is 2.09. The number of benzene rings is 2. The van der Waals surface area contributed by atoms with Crippen molar-refractivity contribution in [2.75, 3.05) is 7.11 Å². The molecule has 0 aliphatic carbocycles. The number of nitrogens with zero attached hydrogens (tertiary/aromatic N) is 2. The van der Waals surface area contributed by atoms with Gasteiger partial charge in [-0.25, -0.2) is 4.68 Å². The van der Waals surface area contributed by atoms with Crippen LogP contribution in [-0.2, 0) is 0 Å². The topological polar surface area (TPSA) is 27.1 Å². The number of rotatable bonds is 3. The molecule has 0 saturated carbocycles. The van der Waals surface area contributed by atoms with Gasteiger partial charge in [0.05, 0.1) is 12.8 Å². The molecule has 3 heteroatoms. The zero-order chi connectivity index (χ0) is 13.1. The molecule has 94 valence electrons. The van der Waals surface area contributed by atoms with Crippen molar-refractivity contribution in [2.45, 2.75) is 0 Å². The largest absolute Gasteiger partial charge is 0.497 e. The van der Waals surface area contributed by atoms with Crippen molar-refractivity contribution in [1.82, 2.24) is 9.78 Å². The number of methoxy groups -OCH3 is 1. The first-order chi connectivity index (χ1) is 9.38. The summed E-state index contributed by atoms with van der Waals surface area (Å²) in [5.41, 5.74) is 3.36. The van der Waals surface area contributed by atoms with Gasteiger partial charge in [0.1, 0.15) is 5.75 Å². The van der Waals surface area contributed by atoms with E-state index in [1.54, 1.807) is 13.3 Å². The Morgan fingerprint density at radius 1 is 0.947 bits per heavy atom. The van der Waals surface area contributed by atoms with Crippen LogP contribution in [0.1, 0.15) is 0 Å². The summed E-state index contributed by atoms with van der Waals surface area (Å²) in [5, 5.41) is 4.30. The van der Waals surface area contributed by atoms with E-state index in [1.165, 1.54) is 0 Å². The Kier molecular flexibility index (Phi) is 3.02. The highest BCUT2D eigenvalue weighted by Crippen LogP contribution is 2.27. The first-order valence-corrected chi connectivity index (χ1v) is 6.12. The van der Waals surface area contributed by atoms with Gasteiger partial charge in [-0.3, -0.25) is 0 Å². The van der Waals surface area contributed by atoms with E-state index in [1.807, 2.05) is 41.2 Å². The summed E-state index contributed by atoms with van der Waals surface area (Å²) in [6, 6.07) is 18.2. The molecule has 1 heterocycles. The average Bonchev–Trinajstić information content (AvgIpc) is 3.01. The van der Waals surface area contributed by atoms with Gasteiger partial charge in [-0.05, 0) is 29.8 Å². The molecule has 0 unspecified atom stereocenters. The van der Waals surface area contributed by atoms with Crippen molar-refractivity contribution in [3.63, 3.8) is 0 Å². The lowest BCUT2D eigenvalue weighted by Crippen LogP contribution is -1.96. The monoisotopic (exact) mass is 250 g/mol. The molecule has 0 amide bonds. The van der Waals surface area contributed by atoms with E-state index < -0.39 is 0 Å². The molecule has 0 saturated heterocycles. The van der Waals surface area contributed by atoms with Crippen LogP contribution in [0.2, 0.25) is 0 Å². The predicted molar refractivity (Wildman–Crippen MR) is 75.6 cm³/mol. The van der Waals surface area contributed by atoms with Crippen molar-refractivity contribution in [3.05, 3.63) is 67.0 Å². The van der Waals surface area contributed by atoms with Crippen LogP contribution in [-0.4, -0.2) is 16.9 Å². The van der Waals surface area contributed by atoms with E-state index >= 15 is 0 Å². The summed E-state index contributed by atoms with van der Waals surface area (Å²) in [5.74, 6) is 0.861. The minimum absolute atomic E-state index is 0.861. The SMILES string of the molecule is COc1ccc(-c2ccccc2-n2cccn2)cc1. The molecule has 3 aromatic rings. The van der Waals surface area contributed by atoms with Gasteiger partial charge in [-0.2, -0.15) is 5.10 Å². The first kappa shape index (κ1) is 11.5. The van der Waals surface area contributed by atoms with Crippen LogP contribution in [0, 0.1) is 0 Å². The summed E-state index contributed by atoms with van der Waals surface area (Å²) < 4.78 is 7.06. The van der Waals surface area contributed by atoms with Gasteiger partial charge in [0.15, 0.2) is 0 Å². The molecule has 0 radical (unpaired) electrons. The van der Waals surface area contributed by atoms with E-state index in [-0.39, 0.29) is 0 Å². The molecule has 0 bridgehead atoms. The van der Waals surface area contributed by atoms with Crippen LogP contribution in [0.15, 0.2) is 67.0 Å². The quantitative estimate of drug-likeness (QED) is 0.710. The van der Waals surface area contributed by atoms with Crippen molar-refractivity contribution >= 4 is 0 Å². The fraction of sp³-hybridized carbons (Fsp3) is 0.0625. The van der Waals surface area contributed by atoms with Crippen molar-refractivity contribution < 1.29 is 4.74 Å². The molecule has 1 aromatic heterocycles. The van der Waals surface area contributed by atoms with Crippen LogP contribution in [0.5, 0.6) is 5.75 Å². The van der Waals surface area contributed by atoms with Gasteiger partial charge in [0.2, 0.25) is 0 Å². The van der Waals surface area contributed by atoms with Gasteiger partial charge in [-0.1, -0.05) is 30.3 Å².